The van der Waals surface area contributed by atoms with Crippen molar-refractivity contribution >= 4 is 5.91 Å². The number of likely N-dealkylation sites (tertiary alicyclic amines) is 1. The van der Waals surface area contributed by atoms with Crippen molar-refractivity contribution in [2.75, 3.05) is 20.1 Å². The Morgan fingerprint density at radius 2 is 2.43 bits per heavy atom. The molecule has 0 aliphatic carbocycles. The van der Waals surface area contributed by atoms with Crippen LogP contribution in [0.2, 0.25) is 0 Å². The highest BCUT2D eigenvalue weighted by molar-refractivity contribution is 5.78. The number of likely N-dealkylation sites (N-methyl/N-ethyl adjacent to an activating group) is 1. The Kier molecular flexibility index (Phi) is 4.35. The molecule has 2 unspecified atom stereocenters. The minimum atomic E-state index is -0.317. The number of rotatable bonds is 4. The molecule has 1 saturated heterocycles. The van der Waals surface area contributed by atoms with E-state index in [1.165, 1.54) is 0 Å². The van der Waals surface area contributed by atoms with Crippen LogP contribution in [0.25, 0.3) is 0 Å². The van der Waals surface area contributed by atoms with E-state index in [0.29, 0.717) is 13.0 Å². The first kappa shape index (κ1) is 11.5. The van der Waals surface area contributed by atoms with Gasteiger partial charge in [-0.1, -0.05) is 0 Å². The third-order valence-electron chi connectivity index (χ3n) is 2.64. The van der Waals surface area contributed by atoms with E-state index in [2.05, 4.69) is 5.32 Å². The molecule has 2 N–H and O–H groups in total. The van der Waals surface area contributed by atoms with Crippen LogP contribution in [0.1, 0.15) is 26.2 Å². The lowest BCUT2D eigenvalue weighted by molar-refractivity contribution is -0.131. The molecule has 1 aliphatic rings. The van der Waals surface area contributed by atoms with Crippen molar-refractivity contribution in [1.82, 2.24) is 10.2 Å². The summed E-state index contributed by atoms with van der Waals surface area (Å²) in [5, 5.41) is 12.2. The molecular weight excluding hydrogens is 180 g/mol. The standard InChI is InChI=1S/C10H20N2O2/c1-8(13)6-9-4-3-5-12(9)10(14)7-11-2/h8-9,11,13H,3-7H2,1-2H3. The molecule has 0 spiro atoms. The fraction of sp³-hybridized carbons (Fsp3) is 0.900. The van der Waals surface area contributed by atoms with Gasteiger partial charge in [-0.25, -0.2) is 0 Å². The minimum absolute atomic E-state index is 0.149. The number of aliphatic hydroxyl groups excluding tert-OH is 1. The highest BCUT2D eigenvalue weighted by Gasteiger charge is 2.28. The number of nitrogens with one attached hydrogen (secondary N) is 1. The molecule has 1 amide bonds. The lowest BCUT2D eigenvalue weighted by Gasteiger charge is -2.25. The summed E-state index contributed by atoms with van der Waals surface area (Å²) in [4.78, 5) is 13.5. The fourth-order valence-corrected chi connectivity index (χ4v) is 2.06. The molecule has 0 saturated carbocycles. The summed E-state index contributed by atoms with van der Waals surface area (Å²) >= 11 is 0. The van der Waals surface area contributed by atoms with E-state index < -0.39 is 0 Å². The van der Waals surface area contributed by atoms with E-state index in [0.717, 1.165) is 19.4 Å². The van der Waals surface area contributed by atoms with Crippen LogP contribution in [-0.2, 0) is 4.79 Å². The largest absolute Gasteiger partial charge is 0.393 e. The van der Waals surface area contributed by atoms with Gasteiger partial charge in [0.1, 0.15) is 0 Å². The van der Waals surface area contributed by atoms with Gasteiger partial charge in [-0.05, 0) is 33.2 Å². The molecule has 2 atom stereocenters. The summed E-state index contributed by atoms with van der Waals surface area (Å²) in [5.74, 6) is 0.149. The van der Waals surface area contributed by atoms with Crippen LogP contribution in [0.3, 0.4) is 0 Å². The smallest absolute Gasteiger partial charge is 0.236 e. The Labute approximate surface area is 85.3 Å². The van der Waals surface area contributed by atoms with E-state index in [9.17, 15) is 9.90 Å². The minimum Gasteiger partial charge on any atom is -0.393 e. The third-order valence-corrected chi connectivity index (χ3v) is 2.64. The van der Waals surface area contributed by atoms with Gasteiger partial charge in [0.25, 0.3) is 0 Å². The molecule has 4 heteroatoms. The van der Waals surface area contributed by atoms with Crippen molar-refractivity contribution in [3.05, 3.63) is 0 Å². The average molecular weight is 200 g/mol. The van der Waals surface area contributed by atoms with Crippen molar-refractivity contribution in [2.24, 2.45) is 0 Å². The van der Waals surface area contributed by atoms with Gasteiger partial charge in [0.15, 0.2) is 0 Å². The predicted molar refractivity (Wildman–Crippen MR) is 55.0 cm³/mol. The number of carbonyl (C=O) groups excluding carboxylic acids is 1. The lowest BCUT2D eigenvalue weighted by Crippen LogP contribution is -2.41. The summed E-state index contributed by atoms with van der Waals surface area (Å²) in [6.07, 6.45) is 2.48. The molecule has 4 nitrogen and oxygen atoms in total. The molecule has 82 valence electrons. The summed E-state index contributed by atoms with van der Waals surface area (Å²) in [7, 11) is 1.78. The predicted octanol–water partition coefficient (Wildman–Crippen LogP) is -0.0323. The summed E-state index contributed by atoms with van der Waals surface area (Å²) in [5.41, 5.74) is 0. The van der Waals surface area contributed by atoms with Crippen molar-refractivity contribution in [1.29, 1.82) is 0 Å². The van der Waals surface area contributed by atoms with Crippen LogP contribution in [0.4, 0.5) is 0 Å². The SMILES string of the molecule is CNCC(=O)N1CCCC1CC(C)O. The molecule has 0 radical (unpaired) electrons. The Hall–Kier alpha value is -0.610. The maximum Gasteiger partial charge on any atom is 0.236 e. The zero-order valence-corrected chi connectivity index (χ0v) is 8.99. The number of hydrogen-bond acceptors (Lipinski definition) is 3. The molecule has 1 rings (SSSR count). The van der Waals surface area contributed by atoms with Crippen LogP contribution in [0, 0.1) is 0 Å². The molecule has 14 heavy (non-hydrogen) atoms. The quantitative estimate of drug-likeness (QED) is 0.670. The highest BCUT2D eigenvalue weighted by atomic mass is 16.3. The van der Waals surface area contributed by atoms with Crippen molar-refractivity contribution < 1.29 is 9.90 Å². The van der Waals surface area contributed by atoms with Crippen LogP contribution in [-0.4, -0.2) is 48.2 Å². The van der Waals surface area contributed by atoms with Crippen molar-refractivity contribution in [2.45, 2.75) is 38.3 Å². The number of amides is 1. The number of hydrogen-bond donors (Lipinski definition) is 2. The first-order chi connectivity index (χ1) is 6.65. The molecule has 1 fully saturated rings. The van der Waals surface area contributed by atoms with Crippen LogP contribution >= 0.6 is 0 Å². The van der Waals surface area contributed by atoms with E-state index in [1.54, 1.807) is 14.0 Å². The van der Waals surface area contributed by atoms with E-state index in [4.69, 9.17) is 0 Å². The molecule has 0 bridgehead atoms. The second kappa shape index (κ2) is 5.32. The van der Waals surface area contributed by atoms with Gasteiger partial charge in [-0.15, -0.1) is 0 Å². The molecule has 1 aliphatic heterocycles. The van der Waals surface area contributed by atoms with E-state index in [-0.39, 0.29) is 18.1 Å². The topological polar surface area (TPSA) is 52.6 Å². The molecule has 0 aromatic carbocycles. The normalized spacial score (nSPS) is 23.9. The van der Waals surface area contributed by atoms with E-state index in [1.807, 2.05) is 4.90 Å². The average Bonchev–Trinajstić information content (AvgIpc) is 2.51. The highest BCUT2D eigenvalue weighted by Crippen LogP contribution is 2.21. The lowest BCUT2D eigenvalue weighted by atomic mass is 10.1. The third kappa shape index (κ3) is 2.96. The van der Waals surface area contributed by atoms with Gasteiger partial charge in [0.05, 0.1) is 12.6 Å². The van der Waals surface area contributed by atoms with Crippen LogP contribution in [0.15, 0.2) is 0 Å². The Bertz CT molecular complexity index is 195. The molecular formula is C10H20N2O2. The number of carbonyl (C=O) groups is 1. The monoisotopic (exact) mass is 200 g/mol. The summed E-state index contributed by atoms with van der Waals surface area (Å²) in [6.45, 7) is 3.02. The van der Waals surface area contributed by atoms with Crippen molar-refractivity contribution in [3.63, 3.8) is 0 Å². The van der Waals surface area contributed by atoms with Gasteiger partial charge >= 0.3 is 0 Å². The molecule has 0 aromatic rings. The fourth-order valence-electron chi connectivity index (χ4n) is 2.06. The van der Waals surface area contributed by atoms with Gasteiger partial charge < -0.3 is 15.3 Å². The van der Waals surface area contributed by atoms with Gasteiger partial charge in [0.2, 0.25) is 5.91 Å². The summed E-state index contributed by atoms with van der Waals surface area (Å²) in [6, 6.07) is 0.246. The van der Waals surface area contributed by atoms with Gasteiger partial charge in [-0.3, -0.25) is 4.79 Å². The molecule has 0 aromatic heterocycles. The number of nitrogens with zero attached hydrogens (tertiary/aromatic N) is 1. The van der Waals surface area contributed by atoms with E-state index >= 15 is 0 Å². The maximum atomic E-state index is 11.6. The Morgan fingerprint density at radius 3 is 3.00 bits per heavy atom. The maximum absolute atomic E-state index is 11.6. The zero-order valence-electron chi connectivity index (χ0n) is 8.99. The zero-order chi connectivity index (χ0) is 10.6. The summed E-state index contributed by atoms with van der Waals surface area (Å²) < 4.78 is 0. The Balaban J connectivity index is 2.46. The van der Waals surface area contributed by atoms with Crippen LogP contribution in [0.5, 0.6) is 0 Å². The molecule has 1 heterocycles. The first-order valence-corrected chi connectivity index (χ1v) is 5.27. The van der Waals surface area contributed by atoms with Gasteiger partial charge in [-0.2, -0.15) is 0 Å². The number of aliphatic hydroxyl groups is 1. The second-order valence-corrected chi connectivity index (χ2v) is 4.00. The van der Waals surface area contributed by atoms with Crippen LogP contribution < -0.4 is 5.32 Å². The second-order valence-electron chi connectivity index (χ2n) is 4.00. The first-order valence-electron chi connectivity index (χ1n) is 5.27. The van der Waals surface area contributed by atoms with Gasteiger partial charge in [0, 0.05) is 12.6 Å². The Morgan fingerprint density at radius 1 is 1.71 bits per heavy atom. The van der Waals surface area contributed by atoms with Crippen molar-refractivity contribution in [3.8, 4) is 0 Å².